The molecule has 3 saturated heterocycles. The monoisotopic (exact) mass is 558 g/mol. The Morgan fingerprint density at radius 2 is 1.90 bits per heavy atom. The number of amides is 1. The zero-order valence-electron chi connectivity index (χ0n) is 22.1. The molecule has 0 saturated carbocycles. The Labute approximate surface area is 231 Å². The van der Waals surface area contributed by atoms with Gasteiger partial charge in [-0.15, -0.1) is 11.8 Å². The number of nitrogens with zero attached hydrogens (tertiary/aromatic N) is 3. The fourth-order valence-electron chi connectivity index (χ4n) is 6.25. The maximum Gasteiger partial charge on any atom is 0.363 e. The molecule has 2 N–H and O–H groups in total. The molecule has 0 aliphatic carbocycles. The van der Waals surface area contributed by atoms with Crippen LogP contribution in [0, 0.1) is 27.9 Å². The number of nitro groups is 1. The lowest BCUT2D eigenvalue weighted by atomic mass is 9.79. The second-order valence-electron chi connectivity index (χ2n) is 10.9. The average molecular weight is 559 g/mol. The predicted molar refractivity (Wildman–Crippen MR) is 144 cm³/mol. The number of esters is 2. The fourth-order valence-corrected chi connectivity index (χ4v) is 7.76. The molecule has 4 aliphatic rings. The van der Waals surface area contributed by atoms with Gasteiger partial charge in [-0.25, -0.2) is 9.59 Å². The van der Waals surface area contributed by atoms with Gasteiger partial charge in [-0.1, -0.05) is 6.92 Å². The van der Waals surface area contributed by atoms with Crippen LogP contribution in [0.5, 0.6) is 0 Å². The van der Waals surface area contributed by atoms with Crippen molar-refractivity contribution < 1.29 is 29.2 Å². The highest BCUT2D eigenvalue weighted by Gasteiger charge is 2.60. The van der Waals surface area contributed by atoms with Crippen LogP contribution >= 0.6 is 11.8 Å². The van der Waals surface area contributed by atoms with Crippen LogP contribution in [0.15, 0.2) is 34.9 Å². The van der Waals surface area contributed by atoms with Gasteiger partial charge in [-0.2, -0.15) is 0 Å². The van der Waals surface area contributed by atoms with E-state index in [2.05, 4.69) is 10.2 Å². The van der Waals surface area contributed by atoms with Gasteiger partial charge < -0.3 is 25.0 Å². The van der Waals surface area contributed by atoms with Crippen LogP contribution < -0.4 is 5.32 Å². The van der Waals surface area contributed by atoms with Crippen molar-refractivity contribution in [2.75, 3.05) is 32.7 Å². The van der Waals surface area contributed by atoms with Gasteiger partial charge >= 0.3 is 11.9 Å². The molecule has 12 heteroatoms. The average Bonchev–Trinajstić information content (AvgIpc) is 3.44. The third kappa shape index (κ3) is 5.47. The van der Waals surface area contributed by atoms with E-state index in [4.69, 9.17) is 4.74 Å². The molecule has 5 rings (SSSR count). The number of nitro benzene ring substituents is 1. The summed E-state index contributed by atoms with van der Waals surface area (Å²) in [6.07, 6.45) is 2.44. The molecule has 3 fully saturated rings. The minimum Gasteiger partial charge on any atom is -0.393 e. The minimum absolute atomic E-state index is 0.00695. The van der Waals surface area contributed by atoms with Gasteiger partial charge in [0.25, 0.3) is 5.69 Å². The Morgan fingerprint density at radius 3 is 2.54 bits per heavy atom. The Hall–Kier alpha value is -2.80. The molecule has 0 spiro atoms. The molecule has 4 heterocycles. The first kappa shape index (κ1) is 27.8. The topological polar surface area (TPSA) is 142 Å². The molecule has 4 aliphatic heterocycles. The van der Waals surface area contributed by atoms with Crippen LogP contribution in [0.4, 0.5) is 5.69 Å². The van der Waals surface area contributed by atoms with Crippen LogP contribution in [-0.2, 0) is 14.3 Å². The number of carbonyl (C=O) groups is 3. The fraction of sp³-hybridized carbons (Fsp3) is 0.593. The number of benzene rings is 1. The lowest BCUT2D eigenvalue weighted by molar-refractivity contribution is -0.384. The van der Waals surface area contributed by atoms with Crippen molar-refractivity contribution >= 4 is 35.3 Å². The SMILES string of the molecule is C[C@@H](O)[C@H]1C(=O)N2C(C(=O)OC(=O)c3ccc([N+](=O)[O-])cc3)=C(S[C@@H]3CCN(CC4CCNCC4)C3)[C@H](C)[C@H]12. The van der Waals surface area contributed by atoms with E-state index in [0.29, 0.717) is 10.8 Å². The van der Waals surface area contributed by atoms with Gasteiger partial charge in [0.2, 0.25) is 5.91 Å². The number of aliphatic hydroxyl groups excluding tert-OH is 1. The molecule has 0 bridgehead atoms. The first-order chi connectivity index (χ1) is 18.7. The highest BCUT2D eigenvalue weighted by Crippen LogP contribution is 2.52. The van der Waals surface area contributed by atoms with E-state index in [1.54, 1.807) is 18.7 Å². The number of non-ortho nitro benzene ring substituents is 1. The van der Waals surface area contributed by atoms with Gasteiger partial charge in [-0.05, 0) is 63.9 Å². The molecular formula is C27H34N4O7S. The lowest BCUT2D eigenvalue weighted by Gasteiger charge is -2.46. The zero-order valence-corrected chi connectivity index (χ0v) is 22.9. The van der Waals surface area contributed by atoms with E-state index in [-0.39, 0.29) is 40.1 Å². The van der Waals surface area contributed by atoms with E-state index in [9.17, 15) is 29.6 Å². The molecule has 1 amide bonds. The van der Waals surface area contributed by atoms with Crippen LogP contribution in [0.3, 0.4) is 0 Å². The summed E-state index contributed by atoms with van der Waals surface area (Å²) in [6.45, 7) is 8.55. The van der Waals surface area contributed by atoms with E-state index in [0.717, 1.165) is 51.3 Å². The van der Waals surface area contributed by atoms with Gasteiger partial charge in [0.15, 0.2) is 0 Å². The smallest absolute Gasteiger partial charge is 0.363 e. The third-order valence-electron chi connectivity index (χ3n) is 8.30. The van der Waals surface area contributed by atoms with Crippen molar-refractivity contribution in [2.45, 2.75) is 50.5 Å². The van der Waals surface area contributed by atoms with Gasteiger partial charge in [0, 0.05) is 41.3 Å². The third-order valence-corrected chi connectivity index (χ3v) is 9.84. The number of β-lactam (4-membered cyclic amide) rings is 1. The molecule has 0 aromatic heterocycles. The van der Waals surface area contributed by atoms with E-state index < -0.39 is 28.9 Å². The quantitative estimate of drug-likeness (QED) is 0.160. The van der Waals surface area contributed by atoms with Crippen LogP contribution in [0.25, 0.3) is 0 Å². The summed E-state index contributed by atoms with van der Waals surface area (Å²) in [4.78, 5) is 54.0. The van der Waals surface area contributed by atoms with Gasteiger partial charge in [0.1, 0.15) is 5.70 Å². The summed E-state index contributed by atoms with van der Waals surface area (Å²) in [6, 6.07) is 4.41. The van der Waals surface area contributed by atoms with E-state index in [1.807, 2.05) is 6.92 Å². The summed E-state index contributed by atoms with van der Waals surface area (Å²) < 4.78 is 5.19. The first-order valence-corrected chi connectivity index (χ1v) is 14.4. The lowest BCUT2D eigenvalue weighted by Crippen LogP contribution is -2.63. The van der Waals surface area contributed by atoms with Gasteiger partial charge in [0.05, 0.1) is 28.6 Å². The van der Waals surface area contributed by atoms with E-state index in [1.165, 1.54) is 29.9 Å². The minimum atomic E-state index is -0.947. The van der Waals surface area contributed by atoms with Crippen LogP contribution in [-0.4, -0.2) is 87.8 Å². The summed E-state index contributed by atoms with van der Waals surface area (Å²) in [5.74, 6) is -2.35. The van der Waals surface area contributed by atoms with Crippen molar-refractivity contribution in [1.29, 1.82) is 0 Å². The largest absolute Gasteiger partial charge is 0.393 e. The number of thioether (sulfide) groups is 1. The molecule has 1 aromatic rings. The van der Waals surface area contributed by atoms with Crippen molar-refractivity contribution in [3.8, 4) is 0 Å². The van der Waals surface area contributed by atoms with Crippen LogP contribution in [0.1, 0.15) is 43.5 Å². The molecule has 0 unspecified atom stereocenters. The van der Waals surface area contributed by atoms with Crippen molar-refractivity contribution in [2.24, 2.45) is 17.8 Å². The summed E-state index contributed by atoms with van der Waals surface area (Å²) >= 11 is 1.58. The second kappa shape index (κ2) is 11.4. The number of ether oxygens (including phenoxy) is 1. The maximum absolute atomic E-state index is 13.4. The molecule has 1 aromatic carbocycles. The highest BCUT2D eigenvalue weighted by molar-refractivity contribution is 8.03. The standard InChI is InChI=1S/C27H34N4O7S/c1-15-22-21(16(2)32)25(33)30(22)23(27(35)38-26(34)18-3-5-19(6-4-18)31(36)37)24(15)39-20-9-12-29(14-20)13-17-7-10-28-11-8-17/h3-6,15-17,20-22,28,32H,7-14H2,1-2H3/t15-,16-,20-,21-,22-/m1/s1. The molecule has 0 radical (unpaired) electrons. The first-order valence-electron chi connectivity index (χ1n) is 13.5. The van der Waals surface area contributed by atoms with Crippen molar-refractivity contribution in [3.05, 3.63) is 50.5 Å². The highest BCUT2D eigenvalue weighted by atomic mass is 32.2. The number of likely N-dealkylation sites (tertiary alicyclic amines) is 1. The molecular weight excluding hydrogens is 524 g/mol. The Balaban J connectivity index is 1.32. The summed E-state index contributed by atoms with van der Waals surface area (Å²) in [7, 11) is 0. The van der Waals surface area contributed by atoms with E-state index >= 15 is 0 Å². The molecule has 11 nitrogen and oxygen atoms in total. The zero-order chi connectivity index (χ0) is 27.8. The Morgan fingerprint density at radius 1 is 1.21 bits per heavy atom. The summed E-state index contributed by atoms with van der Waals surface area (Å²) in [5, 5.41) is 24.8. The Bertz CT molecular complexity index is 1180. The molecule has 39 heavy (non-hydrogen) atoms. The van der Waals surface area contributed by atoms with Crippen LogP contribution in [0.2, 0.25) is 0 Å². The van der Waals surface area contributed by atoms with Gasteiger partial charge in [-0.3, -0.25) is 14.9 Å². The van der Waals surface area contributed by atoms with Crippen molar-refractivity contribution in [3.63, 3.8) is 0 Å². The number of piperidine rings is 1. The van der Waals surface area contributed by atoms with Crippen molar-refractivity contribution in [1.82, 2.24) is 15.1 Å². The predicted octanol–water partition coefficient (Wildman–Crippen LogP) is 2.15. The summed E-state index contributed by atoms with van der Waals surface area (Å²) in [5.41, 5.74) is -0.119. The number of aliphatic hydroxyl groups is 1. The molecule has 210 valence electrons. The molecule has 5 atom stereocenters. The number of fused-ring (bicyclic) bond motifs is 1. The number of rotatable bonds is 8. The number of carbonyl (C=O) groups excluding carboxylic acids is 3. The number of nitrogens with one attached hydrogen (secondary N) is 1. The second-order valence-corrected chi connectivity index (χ2v) is 12.3. The number of hydrogen-bond donors (Lipinski definition) is 2. The maximum atomic E-state index is 13.4. The Kier molecular flexibility index (Phi) is 8.08. The normalized spacial score (nSPS) is 28.3. The number of hydrogen-bond acceptors (Lipinski definition) is 10.